The number of aryl methyl sites for hydroxylation is 2. The van der Waals surface area contributed by atoms with Crippen molar-refractivity contribution in [1.29, 1.82) is 0 Å². The van der Waals surface area contributed by atoms with Gasteiger partial charge in [-0.05, 0) is 43.5 Å². The van der Waals surface area contributed by atoms with Crippen LogP contribution >= 0.6 is 12.4 Å². The highest BCUT2D eigenvalue weighted by atomic mass is 35.5. The van der Waals surface area contributed by atoms with Crippen LogP contribution in [0.15, 0.2) is 18.2 Å². The molecular weight excluding hydrogens is 300 g/mol. The van der Waals surface area contributed by atoms with Gasteiger partial charge in [0, 0.05) is 38.5 Å². The summed E-state index contributed by atoms with van der Waals surface area (Å²) in [6, 6.07) is 5.98. The molecule has 1 N–H and O–H groups in total. The number of fused-ring (bicyclic) bond motifs is 1. The monoisotopic (exact) mass is 324 g/mol. The molecule has 0 radical (unpaired) electrons. The number of amides is 1. The Kier molecular flexibility index (Phi) is 7.56. The van der Waals surface area contributed by atoms with E-state index in [0.29, 0.717) is 13.0 Å². The second-order valence-electron chi connectivity index (χ2n) is 5.68. The van der Waals surface area contributed by atoms with Gasteiger partial charge in [-0.25, -0.2) is 0 Å². The van der Waals surface area contributed by atoms with Crippen LogP contribution in [0, 0.1) is 0 Å². The number of nitrogens with one attached hydrogen (secondary N) is 1. The fourth-order valence-electron chi connectivity index (χ4n) is 2.71. The Morgan fingerprint density at radius 3 is 2.64 bits per heavy atom. The van der Waals surface area contributed by atoms with Crippen molar-refractivity contribution in [1.82, 2.24) is 10.2 Å². The van der Waals surface area contributed by atoms with E-state index in [2.05, 4.69) is 11.4 Å². The molecule has 0 fully saturated rings. The zero-order valence-electron chi connectivity index (χ0n) is 13.4. The summed E-state index contributed by atoms with van der Waals surface area (Å²) in [7, 11) is 3.63. The quantitative estimate of drug-likeness (QED) is 0.783. The van der Waals surface area contributed by atoms with Crippen molar-refractivity contribution in [3.05, 3.63) is 34.9 Å². The summed E-state index contributed by atoms with van der Waals surface area (Å²) in [5.74, 6) is 0.0971. The number of nitrogens with zero attached hydrogens (tertiary/aromatic N) is 1. The summed E-state index contributed by atoms with van der Waals surface area (Å²) >= 11 is 0. The van der Waals surface area contributed by atoms with Crippen LogP contribution in [0.5, 0.6) is 0 Å². The maximum absolute atomic E-state index is 12.2. The van der Waals surface area contributed by atoms with E-state index in [-0.39, 0.29) is 30.5 Å². The van der Waals surface area contributed by atoms with Gasteiger partial charge in [-0.2, -0.15) is 0 Å². The molecule has 5 heteroatoms. The number of ketones is 1. The predicted molar refractivity (Wildman–Crippen MR) is 90.8 cm³/mol. The number of hydrogen-bond donors (Lipinski definition) is 1. The lowest BCUT2D eigenvalue weighted by Gasteiger charge is -2.16. The molecule has 0 unspecified atom stereocenters. The Labute approximate surface area is 138 Å². The minimum atomic E-state index is 0. The van der Waals surface area contributed by atoms with Crippen molar-refractivity contribution in [2.45, 2.75) is 32.1 Å². The standard InChI is InChI=1S/C17H24N2O2.ClH/c1-18-10-11-19(2)17(21)9-8-16(20)15-7-6-13-4-3-5-14(13)12-15;/h6-7,12,18H,3-5,8-11H2,1-2H3;1H. The van der Waals surface area contributed by atoms with E-state index in [0.717, 1.165) is 24.9 Å². The van der Waals surface area contributed by atoms with Crippen molar-refractivity contribution < 1.29 is 9.59 Å². The van der Waals surface area contributed by atoms with Gasteiger partial charge in [-0.3, -0.25) is 9.59 Å². The molecule has 0 saturated heterocycles. The summed E-state index contributed by atoms with van der Waals surface area (Å²) < 4.78 is 0. The third kappa shape index (κ3) is 4.82. The van der Waals surface area contributed by atoms with Crippen LogP contribution in [0.4, 0.5) is 0 Å². The predicted octanol–water partition coefficient (Wildman–Crippen LogP) is 2.24. The highest BCUT2D eigenvalue weighted by Crippen LogP contribution is 2.23. The van der Waals surface area contributed by atoms with E-state index in [1.165, 1.54) is 17.5 Å². The Morgan fingerprint density at radius 1 is 1.18 bits per heavy atom. The summed E-state index contributed by atoms with van der Waals surface area (Å²) in [4.78, 5) is 25.8. The van der Waals surface area contributed by atoms with E-state index >= 15 is 0 Å². The van der Waals surface area contributed by atoms with Crippen molar-refractivity contribution in [2.75, 3.05) is 27.2 Å². The number of Topliss-reactive ketones (excluding diaryl/α,β-unsaturated/α-hetero) is 1. The largest absolute Gasteiger partial charge is 0.344 e. The molecule has 4 nitrogen and oxygen atoms in total. The molecule has 0 atom stereocenters. The molecule has 2 rings (SSSR count). The number of benzene rings is 1. The third-order valence-electron chi connectivity index (χ3n) is 4.11. The zero-order chi connectivity index (χ0) is 15.2. The van der Waals surface area contributed by atoms with Gasteiger partial charge in [0.15, 0.2) is 5.78 Å². The van der Waals surface area contributed by atoms with Gasteiger partial charge in [0.1, 0.15) is 0 Å². The summed E-state index contributed by atoms with van der Waals surface area (Å²) in [5.41, 5.74) is 3.43. The zero-order valence-corrected chi connectivity index (χ0v) is 14.2. The normalized spacial score (nSPS) is 12.5. The Bertz CT molecular complexity index is 531. The molecule has 0 heterocycles. The summed E-state index contributed by atoms with van der Waals surface area (Å²) in [5, 5.41) is 3.01. The molecule has 22 heavy (non-hydrogen) atoms. The lowest BCUT2D eigenvalue weighted by molar-refractivity contribution is -0.129. The van der Waals surface area contributed by atoms with Gasteiger partial charge in [0.05, 0.1) is 0 Å². The van der Waals surface area contributed by atoms with Crippen LogP contribution in [-0.4, -0.2) is 43.8 Å². The first-order valence-corrected chi connectivity index (χ1v) is 7.65. The highest BCUT2D eigenvalue weighted by molar-refractivity contribution is 5.98. The molecule has 1 aliphatic carbocycles. The SMILES string of the molecule is CNCCN(C)C(=O)CCC(=O)c1ccc2c(c1)CCC2.Cl. The van der Waals surface area contributed by atoms with E-state index in [1.807, 2.05) is 19.2 Å². The number of halogens is 1. The van der Waals surface area contributed by atoms with E-state index in [9.17, 15) is 9.59 Å². The minimum absolute atomic E-state index is 0. The molecule has 0 saturated carbocycles. The highest BCUT2D eigenvalue weighted by Gasteiger charge is 2.15. The molecule has 1 amide bonds. The Balaban J connectivity index is 0.00000242. The molecule has 0 bridgehead atoms. The first-order chi connectivity index (χ1) is 10.1. The van der Waals surface area contributed by atoms with E-state index < -0.39 is 0 Å². The molecular formula is C17H25ClN2O2. The molecule has 0 spiro atoms. The van der Waals surface area contributed by atoms with Crippen LogP contribution < -0.4 is 5.32 Å². The number of carbonyl (C=O) groups excluding carboxylic acids is 2. The van der Waals surface area contributed by atoms with Gasteiger partial charge in [-0.15, -0.1) is 12.4 Å². The lowest BCUT2D eigenvalue weighted by Crippen LogP contribution is -2.32. The molecule has 1 aromatic rings. The molecule has 1 aromatic carbocycles. The number of carbonyl (C=O) groups is 2. The Hall–Kier alpha value is -1.39. The second kappa shape index (κ2) is 8.91. The number of likely N-dealkylation sites (N-methyl/N-ethyl adjacent to an activating group) is 2. The maximum atomic E-state index is 12.2. The van der Waals surface area contributed by atoms with Crippen LogP contribution in [0.3, 0.4) is 0 Å². The molecule has 122 valence electrons. The van der Waals surface area contributed by atoms with E-state index in [1.54, 1.807) is 11.9 Å². The van der Waals surface area contributed by atoms with Crippen LogP contribution in [-0.2, 0) is 17.6 Å². The van der Waals surface area contributed by atoms with Gasteiger partial charge in [-0.1, -0.05) is 12.1 Å². The Morgan fingerprint density at radius 2 is 1.91 bits per heavy atom. The van der Waals surface area contributed by atoms with Gasteiger partial charge in [0.2, 0.25) is 5.91 Å². The number of rotatable bonds is 7. The van der Waals surface area contributed by atoms with Gasteiger partial charge >= 0.3 is 0 Å². The first kappa shape index (κ1) is 18.7. The van der Waals surface area contributed by atoms with Crippen LogP contribution in [0.1, 0.15) is 40.7 Å². The van der Waals surface area contributed by atoms with Crippen LogP contribution in [0.2, 0.25) is 0 Å². The maximum Gasteiger partial charge on any atom is 0.222 e. The molecule has 0 aromatic heterocycles. The number of hydrogen-bond acceptors (Lipinski definition) is 3. The average molecular weight is 325 g/mol. The fourth-order valence-corrected chi connectivity index (χ4v) is 2.71. The summed E-state index contributed by atoms with van der Waals surface area (Å²) in [6.07, 6.45) is 3.96. The second-order valence-corrected chi connectivity index (χ2v) is 5.68. The molecule has 0 aliphatic heterocycles. The third-order valence-corrected chi connectivity index (χ3v) is 4.11. The van der Waals surface area contributed by atoms with Crippen molar-refractivity contribution >= 4 is 24.1 Å². The lowest BCUT2D eigenvalue weighted by atomic mass is 10.0. The fraction of sp³-hybridized carbons (Fsp3) is 0.529. The van der Waals surface area contributed by atoms with Gasteiger partial charge in [0.25, 0.3) is 0 Å². The topological polar surface area (TPSA) is 49.4 Å². The van der Waals surface area contributed by atoms with Gasteiger partial charge < -0.3 is 10.2 Å². The summed E-state index contributed by atoms with van der Waals surface area (Å²) in [6.45, 7) is 1.43. The first-order valence-electron chi connectivity index (χ1n) is 7.65. The smallest absolute Gasteiger partial charge is 0.222 e. The minimum Gasteiger partial charge on any atom is -0.344 e. The molecule has 1 aliphatic rings. The van der Waals surface area contributed by atoms with Crippen molar-refractivity contribution in [3.63, 3.8) is 0 Å². The van der Waals surface area contributed by atoms with Crippen molar-refractivity contribution in [2.24, 2.45) is 0 Å². The van der Waals surface area contributed by atoms with Crippen molar-refractivity contribution in [3.8, 4) is 0 Å². The van der Waals surface area contributed by atoms with E-state index in [4.69, 9.17) is 0 Å². The average Bonchev–Trinajstić information content (AvgIpc) is 2.97. The van der Waals surface area contributed by atoms with Crippen LogP contribution in [0.25, 0.3) is 0 Å².